The zero-order valence-corrected chi connectivity index (χ0v) is 20.0. The van der Waals surface area contributed by atoms with E-state index >= 15 is 0 Å². The molecule has 0 bridgehead atoms. The van der Waals surface area contributed by atoms with Crippen LogP contribution in [-0.2, 0) is 19.2 Å². The van der Waals surface area contributed by atoms with E-state index in [1.165, 1.54) is 6.07 Å². The molecule has 1 aliphatic heterocycles. The summed E-state index contributed by atoms with van der Waals surface area (Å²) >= 11 is 6.29. The molecule has 35 heavy (non-hydrogen) atoms. The fourth-order valence-electron chi connectivity index (χ4n) is 4.82. The molecule has 1 aromatic heterocycles. The van der Waals surface area contributed by atoms with E-state index in [0.717, 1.165) is 25.3 Å². The van der Waals surface area contributed by atoms with Crippen molar-refractivity contribution in [3.63, 3.8) is 0 Å². The maximum absolute atomic E-state index is 13.9. The minimum atomic E-state index is -0.906. The first-order valence-corrected chi connectivity index (χ1v) is 12.1. The molecule has 188 valence electrons. The SMILES string of the molecule is CC(CC(=O)ONC(=O)[C@@H](CC1CC1)c1c(C(N)=O)[nH]c2cc(F)cc(Cl)c12)[C@@H]1CCCNC1=O. The van der Waals surface area contributed by atoms with E-state index in [1.54, 1.807) is 6.92 Å². The smallest absolute Gasteiger partial charge is 0.332 e. The highest BCUT2D eigenvalue weighted by atomic mass is 35.5. The molecule has 1 saturated heterocycles. The van der Waals surface area contributed by atoms with E-state index in [1.807, 2.05) is 0 Å². The van der Waals surface area contributed by atoms with Gasteiger partial charge >= 0.3 is 5.97 Å². The molecule has 2 heterocycles. The summed E-state index contributed by atoms with van der Waals surface area (Å²) in [5, 5.41) is 3.15. The number of hydrogen-bond acceptors (Lipinski definition) is 5. The first-order chi connectivity index (χ1) is 16.7. The lowest BCUT2D eigenvalue weighted by Crippen LogP contribution is -2.40. The van der Waals surface area contributed by atoms with Gasteiger partial charge in [-0.25, -0.2) is 9.18 Å². The number of fused-ring (bicyclic) bond motifs is 1. The highest BCUT2D eigenvalue weighted by Gasteiger charge is 2.36. The molecule has 1 aromatic carbocycles. The predicted octanol–water partition coefficient (Wildman–Crippen LogP) is 3.07. The second-order valence-electron chi connectivity index (χ2n) is 9.48. The van der Waals surface area contributed by atoms with E-state index < -0.39 is 29.5 Å². The minimum Gasteiger partial charge on any atom is -0.364 e. The summed E-state index contributed by atoms with van der Waals surface area (Å²) in [4.78, 5) is 57.7. The number of amides is 3. The van der Waals surface area contributed by atoms with Crippen molar-refractivity contribution in [2.24, 2.45) is 23.5 Å². The van der Waals surface area contributed by atoms with Crippen molar-refractivity contribution < 1.29 is 28.4 Å². The minimum absolute atomic E-state index is 0.0314. The second kappa shape index (κ2) is 10.2. The van der Waals surface area contributed by atoms with Crippen LogP contribution in [0.5, 0.6) is 0 Å². The lowest BCUT2D eigenvalue weighted by molar-refractivity contribution is -0.160. The average Bonchev–Trinajstić information content (AvgIpc) is 3.53. The van der Waals surface area contributed by atoms with Gasteiger partial charge in [0.05, 0.1) is 22.9 Å². The van der Waals surface area contributed by atoms with Gasteiger partial charge in [-0.15, -0.1) is 0 Å². The molecule has 3 atom stereocenters. The number of nitrogens with one attached hydrogen (secondary N) is 3. The number of hydrogen-bond donors (Lipinski definition) is 4. The Morgan fingerprint density at radius 1 is 1.29 bits per heavy atom. The van der Waals surface area contributed by atoms with Crippen LogP contribution in [0, 0.1) is 23.6 Å². The number of rotatable bonds is 8. The summed E-state index contributed by atoms with van der Waals surface area (Å²) < 4.78 is 13.9. The predicted molar refractivity (Wildman–Crippen MR) is 126 cm³/mol. The Morgan fingerprint density at radius 3 is 2.69 bits per heavy atom. The Bertz CT molecular complexity index is 1180. The zero-order chi connectivity index (χ0) is 25.3. The summed E-state index contributed by atoms with van der Waals surface area (Å²) in [5.74, 6) is -4.04. The summed E-state index contributed by atoms with van der Waals surface area (Å²) in [6.07, 6.45) is 3.70. The summed E-state index contributed by atoms with van der Waals surface area (Å²) in [5.41, 5.74) is 8.22. The van der Waals surface area contributed by atoms with Gasteiger partial charge in [0.2, 0.25) is 5.91 Å². The van der Waals surface area contributed by atoms with Gasteiger partial charge in [0.1, 0.15) is 11.5 Å². The largest absolute Gasteiger partial charge is 0.364 e. The van der Waals surface area contributed by atoms with Gasteiger partial charge in [0.25, 0.3) is 11.8 Å². The molecule has 1 aliphatic carbocycles. The standard InChI is InChI=1S/C24H28ClFN4O5/c1-11(14-3-2-6-28-23(14)33)7-18(31)35-30-24(34)15(8-12-4-5-12)19-20-16(25)9-13(26)10-17(20)29-21(19)22(27)32/h9-12,14-15,29H,2-8H2,1H3,(H2,27,32)(H,28,33)(H,30,34)/t11?,14-,15-/m0/s1. The zero-order valence-electron chi connectivity index (χ0n) is 19.3. The molecule has 9 nitrogen and oxygen atoms in total. The normalized spacial score (nSPS) is 19.6. The van der Waals surface area contributed by atoms with Crippen LogP contribution < -0.4 is 16.5 Å². The highest BCUT2D eigenvalue weighted by Crippen LogP contribution is 2.43. The molecule has 11 heteroatoms. The second-order valence-corrected chi connectivity index (χ2v) is 9.89. The van der Waals surface area contributed by atoms with Crippen LogP contribution in [0.4, 0.5) is 4.39 Å². The third-order valence-corrected chi connectivity index (χ3v) is 7.10. The van der Waals surface area contributed by atoms with Crippen LogP contribution in [0.3, 0.4) is 0 Å². The number of aromatic nitrogens is 1. The lowest BCUT2D eigenvalue weighted by atomic mass is 9.85. The molecule has 1 unspecified atom stereocenters. The summed E-state index contributed by atoms with van der Waals surface area (Å²) in [6, 6.07) is 2.27. The Kier molecular flexibility index (Phi) is 7.30. The van der Waals surface area contributed by atoms with Gasteiger partial charge < -0.3 is 20.9 Å². The Morgan fingerprint density at radius 2 is 2.03 bits per heavy atom. The van der Waals surface area contributed by atoms with Crippen molar-refractivity contribution >= 4 is 46.2 Å². The lowest BCUT2D eigenvalue weighted by Gasteiger charge is -2.26. The van der Waals surface area contributed by atoms with Crippen molar-refractivity contribution in [3.8, 4) is 0 Å². The number of carbonyl (C=O) groups excluding carboxylic acids is 4. The Labute approximate surface area is 206 Å². The first kappa shape index (κ1) is 25.0. The topological polar surface area (TPSA) is 143 Å². The quantitative estimate of drug-likeness (QED) is 0.407. The summed E-state index contributed by atoms with van der Waals surface area (Å²) in [7, 11) is 0. The van der Waals surface area contributed by atoms with Gasteiger partial charge in [0, 0.05) is 23.4 Å². The van der Waals surface area contributed by atoms with Gasteiger partial charge in [-0.3, -0.25) is 14.4 Å². The third kappa shape index (κ3) is 5.58. The van der Waals surface area contributed by atoms with Gasteiger partial charge in [-0.2, -0.15) is 5.48 Å². The number of piperidine rings is 1. The van der Waals surface area contributed by atoms with Gasteiger partial charge in [0.15, 0.2) is 0 Å². The van der Waals surface area contributed by atoms with E-state index in [-0.39, 0.29) is 51.9 Å². The van der Waals surface area contributed by atoms with E-state index in [0.29, 0.717) is 24.8 Å². The Hall–Kier alpha value is -3.14. The molecule has 1 saturated carbocycles. The molecule has 0 radical (unpaired) electrons. The molecule has 2 fully saturated rings. The number of primary amides is 1. The van der Waals surface area contributed by atoms with Crippen molar-refractivity contribution in [2.75, 3.05) is 6.54 Å². The van der Waals surface area contributed by atoms with Crippen LogP contribution in [0.15, 0.2) is 12.1 Å². The van der Waals surface area contributed by atoms with Crippen molar-refractivity contribution in [2.45, 2.75) is 51.4 Å². The molecule has 2 aromatic rings. The molecular weight excluding hydrogens is 479 g/mol. The van der Waals surface area contributed by atoms with Crippen LogP contribution in [0.2, 0.25) is 5.02 Å². The van der Waals surface area contributed by atoms with Crippen LogP contribution in [0.1, 0.15) is 67.4 Å². The number of carbonyl (C=O) groups is 4. The van der Waals surface area contributed by atoms with Gasteiger partial charge in [-0.1, -0.05) is 31.4 Å². The third-order valence-electron chi connectivity index (χ3n) is 6.80. The summed E-state index contributed by atoms with van der Waals surface area (Å²) in [6.45, 7) is 2.42. The molecule has 5 N–H and O–H groups in total. The number of hydroxylamine groups is 1. The van der Waals surface area contributed by atoms with Crippen molar-refractivity contribution in [3.05, 3.63) is 34.2 Å². The Balaban J connectivity index is 1.52. The maximum atomic E-state index is 13.9. The molecule has 0 spiro atoms. The molecule has 3 amide bonds. The van der Waals surface area contributed by atoms with Crippen LogP contribution in [-0.4, -0.2) is 35.2 Å². The highest BCUT2D eigenvalue weighted by molar-refractivity contribution is 6.36. The first-order valence-electron chi connectivity index (χ1n) is 11.7. The number of halogens is 2. The van der Waals surface area contributed by atoms with Crippen molar-refractivity contribution in [1.29, 1.82) is 0 Å². The van der Waals surface area contributed by atoms with Crippen LogP contribution in [0.25, 0.3) is 10.9 Å². The molecule has 2 aliphatic rings. The van der Waals surface area contributed by atoms with E-state index in [9.17, 15) is 23.6 Å². The maximum Gasteiger partial charge on any atom is 0.332 e. The average molecular weight is 507 g/mol. The fraction of sp³-hybridized carbons (Fsp3) is 0.500. The van der Waals surface area contributed by atoms with E-state index in [4.69, 9.17) is 22.2 Å². The number of aromatic amines is 1. The fourth-order valence-corrected chi connectivity index (χ4v) is 5.13. The number of nitrogens with two attached hydrogens (primary N) is 1. The number of benzene rings is 1. The van der Waals surface area contributed by atoms with Crippen molar-refractivity contribution in [1.82, 2.24) is 15.8 Å². The molecule has 4 rings (SSSR count). The van der Waals surface area contributed by atoms with Crippen LogP contribution >= 0.6 is 11.6 Å². The van der Waals surface area contributed by atoms with E-state index in [2.05, 4.69) is 15.8 Å². The number of H-pyrrole nitrogens is 1. The van der Waals surface area contributed by atoms with Gasteiger partial charge in [-0.05, 0) is 43.2 Å². The monoisotopic (exact) mass is 506 g/mol. The molecular formula is C24H28ClFN4O5.